The molecular weight excluding hydrogens is 374 g/mol. The van der Waals surface area contributed by atoms with Crippen molar-refractivity contribution >= 4 is 21.4 Å². The summed E-state index contributed by atoms with van der Waals surface area (Å²) in [7, 11) is -1.53. The number of hydrogen-bond acceptors (Lipinski definition) is 4. The van der Waals surface area contributed by atoms with Gasteiger partial charge in [0.2, 0.25) is 5.91 Å². The van der Waals surface area contributed by atoms with E-state index in [4.69, 9.17) is 4.74 Å². The Balaban J connectivity index is 1.88. The average Bonchev–Trinajstić information content (AvgIpc) is 3.06. The van der Waals surface area contributed by atoms with E-state index >= 15 is 0 Å². The first kappa shape index (κ1) is 20.4. The van der Waals surface area contributed by atoms with Crippen LogP contribution in [-0.2, 0) is 21.2 Å². The van der Waals surface area contributed by atoms with Crippen molar-refractivity contribution in [3.63, 3.8) is 0 Å². The second-order valence-corrected chi connectivity index (χ2v) is 9.85. The molecule has 2 aromatic rings. The van der Waals surface area contributed by atoms with E-state index in [2.05, 4.69) is 26.0 Å². The molecule has 1 saturated heterocycles. The van der Waals surface area contributed by atoms with Crippen molar-refractivity contribution in [3.8, 4) is 5.75 Å². The number of ether oxygens (including phenoxy) is 1. The zero-order chi connectivity index (χ0) is 20.3. The zero-order valence-electron chi connectivity index (χ0n) is 16.6. The predicted octanol–water partition coefficient (Wildman–Crippen LogP) is 3.79. The number of carbonyl (C=O) groups excluding carboxylic acids is 1. The molecule has 1 heterocycles. The summed E-state index contributed by atoms with van der Waals surface area (Å²) in [6.07, 6.45) is 0.389. The third-order valence-electron chi connectivity index (χ3n) is 5.22. The SMILES string of the molecule is COc1ccc(N(Cc2ccc(C(C)C)cc2)C(=O)[C@H]2CCS(=O)(=O)C2)cc1. The molecule has 28 heavy (non-hydrogen) atoms. The molecule has 1 amide bonds. The maximum Gasteiger partial charge on any atom is 0.231 e. The minimum atomic E-state index is -3.12. The topological polar surface area (TPSA) is 63.7 Å². The Labute approximate surface area is 167 Å². The number of rotatable bonds is 6. The summed E-state index contributed by atoms with van der Waals surface area (Å²) in [5, 5.41) is 0. The number of amides is 1. The summed E-state index contributed by atoms with van der Waals surface area (Å²) in [5.74, 6) is 0.549. The van der Waals surface area contributed by atoms with Gasteiger partial charge in [-0.05, 0) is 47.7 Å². The Morgan fingerprint density at radius 3 is 2.25 bits per heavy atom. The van der Waals surface area contributed by atoms with Gasteiger partial charge in [0.05, 0.1) is 31.1 Å². The van der Waals surface area contributed by atoms with Gasteiger partial charge in [0, 0.05) is 5.69 Å². The summed E-state index contributed by atoms with van der Waals surface area (Å²) < 4.78 is 28.9. The zero-order valence-corrected chi connectivity index (χ0v) is 17.4. The number of methoxy groups -OCH3 is 1. The van der Waals surface area contributed by atoms with Crippen LogP contribution in [0.2, 0.25) is 0 Å². The molecule has 2 aromatic carbocycles. The normalized spacial score (nSPS) is 18.2. The molecule has 1 atom stereocenters. The van der Waals surface area contributed by atoms with Gasteiger partial charge < -0.3 is 9.64 Å². The Bertz CT molecular complexity index is 918. The molecule has 5 nitrogen and oxygen atoms in total. The smallest absolute Gasteiger partial charge is 0.231 e. The monoisotopic (exact) mass is 401 g/mol. The third kappa shape index (κ3) is 4.73. The van der Waals surface area contributed by atoms with Crippen molar-refractivity contribution in [2.45, 2.75) is 32.7 Å². The summed E-state index contributed by atoms with van der Waals surface area (Å²) >= 11 is 0. The van der Waals surface area contributed by atoms with Crippen LogP contribution in [0.5, 0.6) is 5.75 Å². The Kier molecular flexibility index (Phi) is 6.08. The van der Waals surface area contributed by atoms with Crippen LogP contribution in [0.25, 0.3) is 0 Å². The molecule has 1 aliphatic rings. The van der Waals surface area contributed by atoms with Gasteiger partial charge in [0.15, 0.2) is 9.84 Å². The van der Waals surface area contributed by atoms with Crippen molar-refractivity contribution < 1.29 is 17.9 Å². The van der Waals surface area contributed by atoms with Gasteiger partial charge >= 0.3 is 0 Å². The van der Waals surface area contributed by atoms with Gasteiger partial charge in [-0.2, -0.15) is 0 Å². The molecule has 0 aliphatic carbocycles. The van der Waals surface area contributed by atoms with Crippen LogP contribution in [0.3, 0.4) is 0 Å². The van der Waals surface area contributed by atoms with E-state index in [0.29, 0.717) is 24.6 Å². The van der Waals surface area contributed by atoms with E-state index in [1.807, 2.05) is 36.4 Å². The lowest BCUT2D eigenvalue weighted by Crippen LogP contribution is -2.36. The van der Waals surface area contributed by atoms with E-state index in [1.54, 1.807) is 12.0 Å². The van der Waals surface area contributed by atoms with Crippen LogP contribution < -0.4 is 9.64 Å². The van der Waals surface area contributed by atoms with Crippen molar-refractivity contribution in [1.29, 1.82) is 0 Å². The number of anilines is 1. The number of benzene rings is 2. The lowest BCUT2D eigenvalue weighted by atomic mass is 10.0. The van der Waals surface area contributed by atoms with E-state index in [1.165, 1.54) is 5.56 Å². The summed E-state index contributed by atoms with van der Waals surface area (Å²) in [5.41, 5.74) is 2.99. The van der Waals surface area contributed by atoms with Crippen LogP contribution in [-0.4, -0.2) is 32.9 Å². The van der Waals surface area contributed by atoms with Crippen molar-refractivity contribution in [2.75, 3.05) is 23.5 Å². The molecule has 0 spiro atoms. The highest BCUT2D eigenvalue weighted by atomic mass is 32.2. The minimum absolute atomic E-state index is 0.0647. The maximum absolute atomic E-state index is 13.2. The highest BCUT2D eigenvalue weighted by Gasteiger charge is 2.35. The highest BCUT2D eigenvalue weighted by Crippen LogP contribution is 2.27. The predicted molar refractivity (Wildman–Crippen MR) is 111 cm³/mol. The molecule has 0 saturated carbocycles. The Hall–Kier alpha value is -2.34. The second kappa shape index (κ2) is 8.35. The molecule has 0 bridgehead atoms. The molecular formula is C22H27NO4S. The fourth-order valence-electron chi connectivity index (χ4n) is 3.46. The molecule has 0 unspecified atom stereocenters. The van der Waals surface area contributed by atoms with Crippen molar-refractivity contribution in [1.82, 2.24) is 0 Å². The third-order valence-corrected chi connectivity index (χ3v) is 6.99. The number of hydrogen-bond donors (Lipinski definition) is 0. The molecule has 1 fully saturated rings. The van der Waals surface area contributed by atoms with Crippen molar-refractivity contribution in [3.05, 3.63) is 59.7 Å². The summed E-state index contributed by atoms with van der Waals surface area (Å²) in [6, 6.07) is 15.5. The average molecular weight is 402 g/mol. The highest BCUT2D eigenvalue weighted by molar-refractivity contribution is 7.91. The standard InChI is InChI=1S/C22H27NO4S/c1-16(2)18-6-4-17(5-7-18)14-23(20-8-10-21(27-3)11-9-20)22(24)19-12-13-28(25,26)15-19/h4-11,16,19H,12-15H2,1-3H3/t19-/m0/s1. The number of carbonyl (C=O) groups is 1. The lowest BCUT2D eigenvalue weighted by Gasteiger charge is -2.26. The van der Waals surface area contributed by atoms with Crippen LogP contribution in [0.15, 0.2) is 48.5 Å². The fourth-order valence-corrected chi connectivity index (χ4v) is 5.19. The van der Waals surface area contributed by atoms with E-state index in [0.717, 1.165) is 11.3 Å². The van der Waals surface area contributed by atoms with Crippen LogP contribution in [0.4, 0.5) is 5.69 Å². The lowest BCUT2D eigenvalue weighted by molar-refractivity contribution is -0.121. The molecule has 150 valence electrons. The summed E-state index contributed by atoms with van der Waals surface area (Å²) in [6.45, 7) is 4.69. The number of sulfone groups is 1. The van der Waals surface area contributed by atoms with Gasteiger partial charge in [-0.3, -0.25) is 4.79 Å². The van der Waals surface area contributed by atoms with E-state index in [-0.39, 0.29) is 17.4 Å². The fraction of sp³-hybridized carbons (Fsp3) is 0.409. The molecule has 6 heteroatoms. The second-order valence-electron chi connectivity index (χ2n) is 7.62. The molecule has 3 rings (SSSR count). The van der Waals surface area contributed by atoms with Crippen LogP contribution >= 0.6 is 0 Å². The summed E-state index contributed by atoms with van der Waals surface area (Å²) in [4.78, 5) is 14.9. The van der Waals surface area contributed by atoms with E-state index in [9.17, 15) is 13.2 Å². The quantitative estimate of drug-likeness (QED) is 0.739. The molecule has 0 radical (unpaired) electrons. The largest absolute Gasteiger partial charge is 0.497 e. The number of nitrogens with zero attached hydrogens (tertiary/aromatic N) is 1. The van der Waals surface area contributed by atoms with Crippen LogP contribution in [0.1, 0.15) is 37.3 Å². The molecule has 0 aromatic heterocycles. The first-order valence-electron chi connectivity index (χ1n) is 9.54. The van der Waals surface area contributed by atoms with Gasteiger partial charge in [-0.25, -0.2) is 8.42 Å². The molecule has 1 aliphatic heterocycles. The van der Waals surface area contributed by atoms with Gasteiger partial charge in [-0.15, -0.1) is 0 Å². The Morgan fingerprint density at radius 1 is 1.11 bits per heavy atom. The minimum Gasteiger partial charge on any atom is -0.497 e. The molecule has 0 N–H and O–H groups in total. The van der Waals surface area contributed by atoms with Crippen LogP contribution in [0, 0.1) is 5.92 Å². The van der Waals surface area contributed by atoms with Gasteiger partial charge in [-0.1, -0.05) is 38.1 Å². The van der Waals surface area contributed by atoms with Gasteiger partial charge in [0.1, 0.15) is 5.75 Å². The first-order chi connectivity index (χ1) is 13.3. The van der Waals surface area contributed by atoms with Crippen molar-refractivity contribution in [2.24, 2.45) is 5.92 Å². The van der Waals surface area contributed by atoms with E-state index < -0.39 is 15.8 Å². The Morgan fingerprint density at radius 2 is 1.75 bits per heavy atom. The first-order valence-corrected chi connectivity index (χ1v) is 11.4. The van der Waals surface area contributed by atoms with Gasteiger partial charge in [0.25, 0.3) is 0 Å². The maximum atomic E-state index is 13.2.